The number of hydrogen-bond acceptors (Lipinski definition) is 2. The molecule has 2 nitrogen and oxygen atoms in total. The maximum atomic E-state index is 6.09. The zero-order valence-electron chi connectivity index (χ0n) is 11.0. The molecule has 0 radical (unpaired) electrons. The number of allylic oxidation sites excluding steroid dienone is 1. The second-order valence-corrected chi connectivity index (χ2v) is 4.16. The van der Waals surface area contributed by atoms with Crippen LogP contribution >= 0.6 is 0 Å². The molecule has 0 unspecified atom stereocenters. The zero-order chi connectivity index (χ0) is 12.8. The lowest BCUT2D eigenvalue weighted by Gasteiger charge is -2.21. The smallest absolute Gasteiger partial charge is 0.0552 e. The maximum absolute atomic E-state index is 6.09. The van der Waals surface area contributed by atoms with E-state index in [0.29, 0.717) is 0 Å². The topological polar surface area (TPSA) is 29.3 Å². The predicted octanol–water partition coefficient (Wildman–Crippen LogP) is 3.50. The van der Waals surface area contributed by atoms with Gasteiger partial charge in [0.15, 0.2) is 0 Å². The number of aryl methyl sites for hydroxylation is 1. The van der Waals surface area contributed by atoms with E-state index in [1.165, 1.54) is 5.56 Å². The SMILES string of the molecule is C=C(CC)N(/C=C(\N)c1ccc(C)cc1)CC. The van der Waals surface area contributed by atoms with Gasteiger partial charge in [0, 0.05) is 18.4 Å². The summed E-state index contributed by atoms with van der Waals surface area (Å²) in [7, 11) is 0. The summed E-state index contributed by atoms with van der Waals surface area (Å²) < 4.78 is 0. The summed E-state index contributed by atoms with van der Waals surface area (Å²) in [5, 5.41) is 0. The average Bonchev–Trinajstić information content (AvgIpc) is 2.35. The molecule has 1 aromatic rings. The van der Waals surface area contributed by atoms with E-state index in [9.17, 15) is 0 Å². The molecule has 0 fully saturated rings. The van der Waals surface area contributed by atoms with Crippen LogP contribution in [0, 0.1) is 6.92 Å². The van der Waals surface area contributed by atoms with Crippen molar-refractivity contribution >= 4 is 5.70 Å². The Morgan fingerprint density at radius 2 is 1.88 bits per heavy atom. The molecule has 0 aliphatic carbocycles. The zero-order valence-corrected chi connectivity index (χ0v) is 11.0. The van der Waals surface area contributed by atoms with E-state index in [-0.39, 0.29) is 0 Å². The third-order valence-electron chi connectivity index (χ3n) is 2.83. The van der Waals surface area contributed by atoms with Gasteiger partial charge < -0.3 is 10.6 Å². The molecule has 2 N–H and O–H groups in total. The Bertz CT molecular complexity index is 401. The molecule has 92 valence electrons. The molecular weight excluding hydrogens is 208 g/mol. The number of benzene rings is 1. The molecule has 0 aromatic heterocycles. The van der Waals surface area contributed by atoms with Crippen molar-refractivity contribution in [3.63, 3.8) is 0 Å². The van der Waals surface area contributed by atoms with E-state index in [4.69, 9.17) is 5.73 Å². The highest BCUT2D eigenvalue weighted by atomic mass is 15.1. The van der Waals surface area contributed by atoms with Gasteiger partial charge in [-0.25, -0.2) is 0 Å². The van der Waals surface area contributed by atoms with Gasteiger partial charge in [-0.15, -0.1) is 0 Å². The van der Waals surface area contributed by atoms with Gasteiger partial charge in [0.25, 0.3) is 0 Å². The maximum Gasteiger partial charge on any atom is 0.0552 e. The number of nitrogens with two attached hydrogens (primary N) is 1. The standard InChI is InChI=1S/C15H22N2/c1-5-13(4)17(6-2)11-15(16)14-9-7-12(3)8-10-14/h7-11H,4-6,16H2,1-3H3/b15-11-. The van der Waals surface area contributed by atoms with Gasteiger partial charge in [0.05, 0.1) is 5.70 Å². The molecule has 0 saturated heterocycles. The fourth-order valence-corrected chi connectivity index (χ4v) is 1.60. The van der Waals surface area contributed by atoms with Crippen molar-refractivity contribution in [1.29, 1.82) is 0 Å². The largest absolute Gasteiger partial charge is 0.397 e. The summed E-state index contributed by atoms with van der Waals surface area (Å²) >= 11 is 0. The van der Waals surface area contributed by atoms with Crippen LogP contribution in [0.4, 0.5) is 0 Å². The second-order valence-electron chi connectivity index (χ2n) is 4.16. The molecule has 0 aliphatic heterocycles. The van der Waals surface area contributed by atoms with Crippen LogP contribution in [-0.2, 0) is 0 Å². The van der Waals surface area contributed by atoms with Gasteiger partial charge in [-0.3, -0.25) is 0 Å². The van der Waals surface area contributed by atoms with Gasteiger partial charge in [-0.05, 0) is 25.8 Å². The molecule has 0 spiro atoms. The number of nitrogens with zero attached hydrogens (tertiary/aromatic N) is 1. The summed E-state index contributed by atoms with van der Waals surface area (Å²) in [4.78, 5) is 2.09. The van der Waals surface area contributed by atoms with Crippen LogP contribution in [0.1, 0.15) is 31.4 Å². The van der Waals surface area contributed by atoms with E-state index in [2.05, 4.69) is 44.4 Å². The molecule has 0 atom stereocenters. The van der Waals surface area contributed by atoms with Crippen molar-refractivity contribution in [2.24, 2.45) is 5.73 Å². The fraction of sp³-hybridized carbons (Fsp3) is 0.333. The Hall–Kier alpha value is -1.70. The van der Waals surface area contributed by atoms with Crippen LogP contribution < -0.4 is 5.73 Å². The van der Waals surface area contributed by atoms with Crippen molar-refractivity contribution in [2.45, 2.75) is 27.2 Å². The number of hydrogen-bond donors (Lipinski definition) is 1. The van der Waals surface area contributed by atoms with Crippen LogP contribution in [0.15, 0.2) is 42.7 Å². The van der Waals surface area contributed by atoms with Gasteiger partial charge >= 0.3 is 0 Å². The highest BCUT2D eigenvalue weighted by Gasteiger charge is 2.02. The lowest BCUT2D eigenvalue weighted by Crippen LogP contribution is -2.17. The normalized spacial score (nSPS) is 11.4. The molecule has 0 aliphatic rings. The number of rotatable bonds is 5. The van der Waals surface area contributed by atoms with Crippen molar-refractivity contribution in [1.82, 2.24) is 4.90 Å². The average molecular weight is 230 g/mol. The first-order chi connectivity index (χ1) is 8.08. The van der Waals surface area contributed by atoms with Gasteiger partial charge in [0.2, 0.25) is 0 Å². The molecule has 1 rings (SSSR count). The molecule has 0 bridgehead atoms. The molecule has 17 heavy (non-hydrogen) atoms. The first-order valence-electron chi connectivity index (χ1n) is 6.07. The van der Waals surface area contributed by atoms with Crippen LogP contribution in [0.25, 0.3) is 5.70 Å². The minimum absolute atomic E-state index is 0.779. The Morgan fingerprint density at radius 1 is 1.29 bits per heavy atom. The van der Waals surface area contributed by atoms with Gasteiger partial charge in [0.1, 0.15) is 0 Å². The molecule has 0 amide bonds. The summed E-state index contributed by atoms with van der Waals surface area (Å²) in [5.74, 6) is 0. The van der Waals surface area contributed by atoms with Crippen molar-refractivity contribution in [2.75, 3.05) is 6.54 Å². The Labute approximate surface area is 104 Å². The van der Waals surface area contributed by atoms with E-state index < -0.39 is 0 Å². The quantitative estimate of drug-likeness (QED) is 0.839. The van der Waals surface area contributed by atoms with Gasteiger partial charge in [-0.1, -0.05) is 43.3 Å². The molecular formula is C15H22N2. The van der Waals surface area contributed by atoms with Crippen molar-refractivity contribution in [3.8, 4) is 0 Å². The van der Waals surface area contributed by atoms with Crippen LogP contribution in [0.2, 0.25) is 0 Å². The van der Waals surface area contributed by atoms with Crippen LogP contribution in [0.3, 0.4) is 0 Å². The minimum Gasteiger partial charge on any atom is -0.397 e. The predicted molar refractivity (Wildman–Crippen MR) is 75.2 cm³/mol. The second kappa shape index (κ2) is 6.14. The fourth-order valence-electron chi connectivity index (χ4n) is 1.60. The van der Waals surface area contributed by atoms with Crippen molar-refractivity contribution < 1.29 is 0 Å². The minimum atomic E-state index is 0.779. The van der Waals surface area contributed by atoms with Crippen LogP contribution in [0.5, 0.6) is 0 Å². The Morgan fingerprint density at radius 3 is 2.35 bits per heavy atom. The van der Waals surface area contributed by atoms with E-state index in [0.717, 1.165) is 29.9 Å². The summed E-state index contributed by atoms with van der Waals surface area (Å²) in [6.07, 6.45) is 2.90. The summed E-state index contributed by atoms with van der Waals surface area (Å²) in [5.41, 5.74) is 10.3. The van der Waals surface area contributed by atoms with E-state index >= 15 is 0 Å². The van der Waals surface area contributed by atoms with E-state index in [1.807, 2.05) is 18.3 Å². The summed E-state index contributed by atoms with van der Waals surface area (Å²) in [6, 6.07) is 8.23. The molecule has 0 saturated carbocycles. The summed E-state index contributed by atoms with van der Waals surface area (Å²) in [6.45, 7) is 11.2. The van der Waals surface area contributed by atoms with Gasteiger partial charge in [-0.2, -0.15) is 0 Å². The molecule has 0 heterocycles. The molecule has 2 heteroatoms. The lowest BCUT2D eigenvalue weighted by molar-refractivity contribution is 0.478. The third-order valence-corrected chi connectivity index (χ3v) is 2.83. The monoisotopic (exact) mass is 230 g/mol. The Kier molecular flexibility index (Phi) is 4.83. The highest BCUT2D eigenvalue weighted by Crippen LogP contribution is 2.14. The first-order valence-corrected chi connectivity index (χ1v) is 6.07. The highest BCUT2D eigenvalue weighted by molar-refractivity contribution is 5.62. The molecule has 1 aromatic carbocycles. The van der Waals surface area contributed by atoms with E-state index in [1.54, 1.807) is 0 Å². The van der Waals surface area contributed by atoms with Crippen LogP contribution in [-0.4, -0.2) is 11.4 Å². The third kappa shape index (κ3) is 3.66. The Balaban J connectivity index is 2.90. The lowest BCUT2D eigenvalue weighted by atomic mass is 10.1. The first kappa shape index (κ1) is 13.4. The van der Waals surface area contributed by atoms with Crippen molar-refractivity contribution in [3.05, 3.63) is 53.9 Å².